The first-order valence-electron chi connectivity index (χ1n) is 9.25. The summed E-state index contributed by atoms with van der Waals surface area (Å²) in [6, 6.07) is 13.0. The first kappa shape index (κ1) is 24.7. The third kappa shape index (κ3) is 6.47. The summed E-state index contributed by atoms with van der Waals surface area (Å²) in [5.74, 6) is 3.14. The summed E-state index contributed by atoms with van der Waals surface area (Å²) in [7, 11) is 6.92. The third-order valence-corrected chi connectivity index (χ3v) is 4.70. The van der Waals surface area contributed by atoms with Gasteiger partial charge in [0.25, 0.3) is 0 Å². The molecule has 1 aromatic heterocycles. The van der Waals surface area contributed by atoms with Gasteiger partial charge in [-0.05, 0) is 36.4 Å². The summed E-state index contributed by atoms with van der Waals surface area (Å²) in [5.41, 5.74) is 1.84. The number of benzene rings is 2. The molecule has 1 heterocycles. The van der Waals surface area contributed by atoms with Crippen LogP contribution >= 0.6 is 35.6 Å². The molecule has 0 radical (unpaired) electrons. The Morgan fingerprint density at radius 2 is 1.90 bits per heavy atom. The lowest BCUT2D eigenvalue weighted by Crippen LogP contribution is -2.38. The minimum absolute atomic E-state index is 0. The quantitative estimate of drug-likeness (QED) is 0.264. The number of rotatable bonds is 7. The van der Waals surface area contributed by atoms with Gasteiger partial charge in [0.1, 0.15) is 11.5 Å². The van der Waals surface area contributed by atoms with E-state index in [-0.39, 0.29) is 24.0 Å². The van der Waals surface area contributed by atoms with E-state index in [0.717, 1.165) is 22.6 Å². The zero-order valence-electron chi connectivity index (χ0n) is 17.8. The number of nitrogens with zero attached hydrogens (tertiary/aromatic N) is 4. The smallest absolute Gasteiger partial charge is 0.246 e. The Hall–Kier alpha value is -2.53. The molecule has 1 N–H and O–H groups in total. The number of hydrogen-bond acceptors (Lipinski definition) is 6. The zero-order valence-corrected chi connectivity index (χ0v) is 20.8. The van der Waals surface area contributed by atoms with Crippen LogP contribution in [0, 0.1) is 0 Å². The number of ether oxygens (including phenoxy) is 2. The maximum Gasteiger partial charge on any atom is 0.246 e. The minimum Gasteiger partial charge on any atom is -0.497 e. The predicted molar refractivity (Wildman–Crippen MR) is 131 cm³/mol. The number of nitrogens with one attached hydrogen (secondary N) is 1. The van der Waals surface area contributed by atoms with E-state index < -0.39 is 0 Å². The van der Waals surface area contributed by atoms with Crippen molar-refractivity contribution >= 4 is 41.5 Å². The molecule has 10 heteroatoms. The summed E-state index contributed by atoms with van der Waals surface area (Å²) in [6.07, 6.45) is 0. The lowest BCUT2D eigenvalue weighted by Gasteiger charge is -2.22. The fourth-order valence-electron chi connectivity index (χ4n) is 2.90. The van der Waals surface area contributed by atoms with Crippen molar-refractivity contribution in [2.24, 2.45) is 4.99 Å². The molecule has 2 aromatic carbocycles. The predicted octanol–water partition coefficient (Wildman–Crippen LogP) is 4.23. The lowest BCUT2D eigenvalue weighted by atomic mass is 10.2. The van der Waals surface area contributed by atoms with E-state index in [1.165, 1.54) is 0 Å². The van der Waals surface area contributed by atoms with Crippen molar-refractivity contribution < 1.29 is 14.0 Å². The summed E-state index contributed by atoms with van der Waals surface area (Å²) >= 11 is 5.92. The Morgan fingerprint density at radius 3 is 2.55 bits per heavy atom. The minimum atomic E-state index is 0. The van der Waals surface area contributed by atoms with Gasteiger partial charge in [-0.2, -0.15) is 4.98 Å². The molecule has 166 valence electrons. The van der Waals surface area contributed by atoms with Crippen molar-refractivity contribution in [1.29, 1.82) is 0 Å². The number of guanidine groups is 1. The molecule has 0 aliphatic heterocycles. The van der Waals surface area contributed by atoms with Crippen molar-refractivity contribution in [3.05, 3.63) is 58.9 Å². The van der Waals surface area contributed by atoms with Gasteiger partial charge in [-0.1, -0.05) is 16.8 Å². The fourth-order valence-corrected chi connectivity index (χ4v) is 3.02. The van der Waals surface area contributed by atoms with Crippen molar-refractivity contribution in [1.82, 2.24) is 20.4 Å². The van der Waals surface area contributed by atoms with Gasteiger partial charge in [0.05, 0.1) is 20.8 Å². The van der Waals surface area contributed by atoms with Crippen LogP contribution in [0.15, 0.2) is 52.0 Å². The van der Waals surface area contributed by atoms with E-state index in [0.29, 0.717) is 35.8 Å². The number of halogens is 2. The van der Waals surface area contributed by atoms with E-state index in [9.17, 15) is 0 Å². The van der Waals surface area contributed by atoms with Gasteiger partial charge in [-0.3, -0.25) is 4.99 Å². The molecule has 0 bridgehead atoms. The van der Waals surface area contributed by atoms with Gasteiger partial charge < -0.3 is 24.2 Å². The number of aliphatic imine (C=N–C) groups is 1. The Bertz CT molecular complexity index is 1010. The van der Waals surface area contributed by atoms with Crippen LogP contribution in [0.5, 0.6) is 11.5 Å². The largest absolute Gasteiger partial charge is 0.497 e. The van der Waals surface area contributed by atoms with Crippen LogP contribution in [0.4, 0.5) is 0 Å². The van der Waals surface area contributed by atoms with E-state index in [4.69, 9.17) is 25.6 Å². The van der Waals surface area contributed by atoms with Crippen LogP contribution in [-0.2, 0) is 13.1 Å². The molecule has 0 amide bonds. The number of hydrogen-bond donors (Lipinski definition) is 1. The third-order valence-electron chi connectivity index (χ3n) is 4.44. The normalized spacial score (nSPS) is 10.9. The van der Waals surface area contributed by atoms with Crippen LogP contribution in [0.1, 0.15) is 11.5 Å². The van der Waals surface area contributed by atoms with Crippen molar-refractivity contribution in [2.75, 3.05) is 28.3 Å². The Morgan fingerprint density at radius 1 is 1.16 bits per heavy atom. The first-order chi connectivity index (χ1) is 14.5. The monoisotopic (exact) mass is 557 g/mol. The molecule has 0 aliphatic rings. The van der Waals surface area contributed by atoms with Crippen LogP contribution in [0.2, 0.25) is 5.02 Å². The molecule has 0 unspecified atom stereocenters. The second-order valence-corrected chi connectivity index (χ2v) is 6.89. The summed E-state index contributed by atoms with van der Waals surface area (Å²) in [5, 5.41) is 7.91. The Labute approximate surface area is 203 Å². The highest BCUT2D eigenvalue weighted by Gasteiger charge is 2.13. The van der Waals surface area contributed by atoms with E-state index in [1.807, 2.05) is 42.3 Å². The molecule has 3 rings (SSSR count). The Balaban J connectivity index is 0.00000341. The topological polar surface area (TPSA) is 85.0 Å². The molecule has 0 fully saturated rings. The number of aromatic nitrogens is 2. The SMILES string of the molecule is CN=C(NCc1nc(-c2ccc(Cl)cc2)no1)N(C)Cc1ccc(OC)cc1OC.I. The molecule has 8 nitrogen and oxygen atoms in total. The molecule has 0 aliphatic carbocycles. The summed E-state index contributed by atoms with van der Waals surface area (Å²) < 4.78 is 16.1. The standard InChI is InChI=1S/C21H24ClN5O3.HI/c1-23-21(27(2)13-15-7-10-17(28-3)11-18(15)29-4)24-12-19-25-20(26-30-19)14-5-8-16(22)9-6-14;/h5-11H,12-13H2,1-4H3,(H,23,24);1H. The van der Waals surface area contributed by atoms with Crippen LogP contribution in [-0.4, -0.2) is 49.3 Å². The summed E-state index contributed by atoms with van der Waals surface area (Å²) in [4.78, 5) is 10.7. The van der Waals surface area contributed by atoms with Gasteiger partial charge in [-0.15, -0.1) is 24.0 Å². The van der Waals surface area contributed by atoms with E-state index >= 15 is 0 Å². The molecule has 0 spiro atoms. The lowest BCUT2D eigenvalue weighted by molar-refractivity contribution is 0.369. The van der Waals surface area contributed by atoms with Crippen molar-refractivity contribution in [3.8, 4) is 22.9 Å². The molecule has 3 aromatic rings. The highest BCUT2D eigenvalue weighted by Crippen LogP contribution is 2.25. The number of methoxy groups -OCH3 is 2. The molecule has 0 atom stereocenters. The van der Waals surface area contributed by atoms with Gasteiger partial charge in [0.2, 0.25) is 11.7 Å². The molecular formula is C21H25ClIN5O3. The molecular weight excluding hydrogens is 533 g/mol. The van der Waals surface area contributed by atoms with Gasteiger partial charge in [0.15, 0.2) is 5.96 Å². The van der Waals surface area contributed by atoms with Gasteiger partial charge in [0, 0.05) is 42.9 Å². The Kier molecular flexibility index (Phi) is 9.38. The average molecular weight is 558 g/mol. The summed E-state index contributed by atoms with van der Waals surface area (Å²) in [6.45, 7) is 0.935. The first-order valence-corrected chi connectivity index (χ1v) is 9.63. The van der Waals surface area contributed by atoms with Gasteiger partial charge in [-0.25, -0.2) is 0 Å². The fraction of sp³-hybridized carbons (Fsp3) is 0.286. The zero-order chi connectivity index (χ0) is 21.5. The van der Waals surface area contributed by atoms with E-state index in [2.05, 4.69) is 20.4 Å². The highest BCUT2D eigenvalue weighted by molar-refractivity contribution is 14.0. The van der Waals surface area contributed by atoms with Crippen molar-refractivity contribution in [3.63, 3.8) is 0 Å². The van der Waals surface area contributed by atoms with Crippen molar-refractivity contribution in [2.45, 2.75) is 13.1 Å². The molecule has 0 saturated heterocycles. The highest BCUT2D eigenvalue weighted by atomic mass is 127. The van der Waals surface area contributed by atoms with Gasteiger partial charge >= 0.3 is 0 Å². The van der Waals surface area contributed by atoms with Crippen LogP contribution < -0.4 is 14.8 Å². The maximum absolute atomic E-state index is 5.92. The maximum atomic E-state index is 5.92. The van der Waals surface area contributed by atoms with E-state index in [1.54, 1.807) is 33.4 Å². The molecule has 0 saturated carbocycles. The van der Waals surface area contributed by atoms with Crippen LogP contribution in [0.3, 0.4) is 0 Å². The average Bonchev–Trinajstić information content (AvgIpc) is 3.24. The van der Waals surface area contributed by atoms with Crippen LogP contribution in [0.25, 0.3) is 11.4 Å². The second kappa shape index (κ2) is 11.8. The second-order valence-electron chi connectivity index (χ2n) is 6.45. The molecule has 31 heavy (non-hydrogen) atoms.